The Balaban J connectivity index is 0.000000144. The summed E-state index contributed by atoms with van der Waals surface area (Å²) in [5.74, 6) is 9.03. The van der Waals surface area contributed by atoms with E-state index in [-0.39, 0.29) is 36.9 Å². The number of aliphatic hydroxyl groups is 4. The average Bonchev–Trinajstić information content (AvgIpc) is 1.65. The van der Waals surface area contributed by atoms with Gasteiger partial charge in [0.2, 0.25) is 23.3 Å². The molecule has 15 rings (SSSR count). The molecule has 2 unspecified atom stereocenters. The van der Waals surface area contributed by atoms with Crippen molar-refractivity contribution in [3.8, 4) is 137 Å². The lowest BCUT2D eigenvalue weighted by atomic mass is 9.99. The zero-order valence-corrected chi connectivity index (χ0v) is 68.1. The van der Waals surface area contributed by atoms with Gasteiger partial charge in [0.25, 0.3) is 23.6 Å². The molecule has 0 aliphatic heterocycles. The highest BCUT2D eigenvalue weighted by Gasteiger charge is 2.32. The first-order valence-electron chi connectivity index (χ1n) is 39.6. The number of hydrogen-bond donors (Lipinski definition) is 7. The fraction of sp³-hybridized carbons (Fsp3) is 0.360. The molecule has 2 aliphatic carbocycles. The summed E-state index contributed by atoms with van der Waals surface area (Å²) < 4.78 is 67.3. The highest BCUT2D eigenvalue weighted by atomic mass is 16.5. The Kier molecular flexibility index (Phi) is 28.5. The zero-order valence-electron chi connectivity index (χ0n) is 68.1. The monoisotopic (exact) mass is 1590 g/mol. The fourth-order valence-corrected chi connectivity index (χ4v) is 13.5. The largest absolute Gasteiger partial charge is 0.490 e. The Morgan fingerprint density at radius 1 is 0.427 bits per heavy atom. The maximum Gasteiger partial charge on any atom is 0.258 e. The van der Waals surface area contributed by atoms with E-state index in [4.69, 9.17) is 61.1 Å². The second-order valence-electron chi connectivity index (χ2n) is 28.5. The number of aromatic nitrogens is 10. The summed E-state index contributed by atoms with van der Waals surface area (Å²) in [4.78, 5) is 25.8. The number of hydrogen-bond acceptors (Lipinski definition) is 27. The van der Waals surface area contributed by atoms with Gasteiger partial charge in [-0.1, -0.05) is 69.2 Å². The number of nitrogens with zero attached hydrogens (tertiary/aromatic N) is 9. The minimum atomic E-state index is -0.411. The quantitative estimate of drug-likeness (QED) is 0.0206. The van der Waals surface area contributed by atoms with E-state index in [9.17, 15) is 15.3 Å². The molecule has 6 heterocycles. The van der Waals surface area contributed by atoms with Crippen LogP contribution in [0.2, 0.25) is 0 Å². The second kappa shape index (κ2) is 39.5. The maximum absolute atomic E-state index is 10.1. The van der Waals surface area contributed by atoms with E-state index in [0.717, 1.165) is 92.2 Å². The molecule has 7 N–H and O–H groups in total. The van der Waals surface area contributed by atoms with Gasteiger partial charge in [-0.05, 0) is 228 Å². The number of nitrogens with one attached hydrogen (secondary N) is 3. The van der Waals surface area contributed by atoms with E-state index in [2.05, 4.69) is 67.2 Å². The molecule has 6 aromatic heterocycles. The van der Waals surface area contributed by atoms with Crippen LogP contribution in [0.4, 0.5) is 0 Å². The summed E-state index contributed by atoms with van der Waals surface area (Å²) in [5.41, 5.74) is 13.0. The van der Waals surface area contributed by atoms with Crippen LogP contribution in [0, 0.1) is 0 Å². The van der Waals surface area contributed by atoms with Gasteiger partial charge in [-0.15, -0.1) is 0 Å². The lowest BCUT2D eigenvalue weighted by Gasteiger charge is -2.28. The van der Waals surface area contributed by atoms with Crippen molar-refractivity contribution in [1.29, 1.82) is 0 Å². The number of benzene rings is 7. The van der Waals surface area contributed by atoms with Crippen molar-refractivity contribution in [2.24, 2.45) is 0 Å². The van der Waals surface area contributed by atoms with Crippen LogP contribution in [0.5, 0.6) is 46.0 Å². The van der Waals surface area contributed by atoms with E-state index in [0.29, 0.717) is 164 Å². The fourth-order valence-electron chi connectivity index (χ4n) is 13.5. The Labute approximate surface area is 679 Å². The number of fused-ring (bicyclic) bond motifs is 3. The van der Waals surface area contributed by atoms with Gasteiger partial charge in [0, 0.05) is 91.5 Å². The summed E-state index contributed by atoms with van der Waals surface area (Å²) in [7, 11) is 0. The van der Waals surface area contributed by atoms with Crippen LogP contribution in [-0.4, -0.2) is 148 Å². The van der Waals surface area contributed by atoms with Crippen molar-refractivity contribution < 1.29 is 76.4 Å². The lowest BCUT2D eigenvalue weighted by Crippen LogP contribution is -2.44. The Morgan fingerprint density at radius 2 is 0.812 bits per heavy atom. The van der Waals surface area contributed by atoms with E-state index in [1.807, 2.05) is 211 Å². The van der Waals surface area contributed by atoms with Crippen LogP contribution in [-0.2, 0) is 26.0 Å². The summed E-state index contributed by atoms with van der Waals surface area (Å²) in [6, 6.07) is 44.0. The summed E-state index contributed by atoms with van der Waals surface area (Å²) >= 11 is 0. The highest BCUT2D eigenvalue weighted by Crippen LogP contribution is 2.43. The normalized spacial score (nSPS) is 13.5. The number of H-pyrrole nitrogens is 1. The second-order valence-corrected chi connectivity index (χ2v) is 28.5. The zero-order chi connectivity index (χ0) is 82.6. The highest BCUT2D eigenvalue weighted by molar-refractivity contribution is 5.96. The molecule has 0 saturated carbocycles. The van der Waals surface area contributed by atoms with Crippen LogP contribution in [0.15, 0.2) is 170 Å². The Bertz CT molecular complexity index is 5400. The van der Waals surface area contributed by atoms with Crippen molar-refractivity contribution >= 4 is 10.9 Å². The Morgan fingerprint density at radius 3 is 1.24 bits per heavy atom. The topological polar surface area (TPSA) is 363 Å². The van der Waals surface area contributed by atoms with Crippen LogP contribution < -0.4 is 48.5 Å². The summed E-state index contributed by atoms with van der Waals surface area (Å²) in [5, 5.41) is 63.0. The molecule has 0 radical (unpaired) electrons. The summed E-state index contributed by atoms with van der Waals surface area (Å²) in [6.45, 7) is 28.4. The van der Waals surface area contributed by atoms with Gasteiger partial charge in [0.05, 0.1) is 84.5 Å². The molecule has 0 saturated heterocycles. The number of pyridine rings is 1. The molecule has 2 aliphatic rings. The third kappa shape index (κ3) is 20.4. The van der Waals surface area contributed by atoms with Crippen LogP contribution >= 0.6 is 0 Å². The molecule has 7 aromatic carbocycles. The van der Waals surface area contributed by atoms with Gasteiger partial charge in [-0.2, -0.15) is 19.9 Å². The van der Waals surface area contributed by atoms with Crippen molar-refractivity contribution in [2.75, 3.05) is 66.1 Å². The number of rotatable bonds is 32. The third-order valence-corrected chi connectivity index (χ3v) is 19.2. The predicted octanol–water partition coefficient (Wildman–Crippen LogP) is 16.4. The standard InChI is InChI=1S/C25H30N4O4.C25H31N3O4.C21H22N2O4.C18H19N3O4/c1-5-31-20-11-10-16(12-21(20)32-6-2)24-28-23(29-33-24)18-8-7-9-19-22(18)17(13-26-19)14-27-25(3,4)15-30;1-5-30-21-13-10-16(14-22(21)31-6-2)24-26-23(28-32-24)19-9-7-8-18-17(19)11-12-20(18)27-25(3,4)15-29;1-3-25-18-11-8-13(12-19(18)26-4-2)21-22-20(23-27-21)16-7-5-6-15-14(16)9-10-17(15)24;1-3-23-15-8-6-12(9-16(15)24-4-2)18-20-17(21-25-18)13-5-7-14(11-22)19-10-13/h7-13,26-27,30H,5-6,14-15H2,1-4H3;7-10,13-14,20,27,29H,5-6,11-12,15H2,1-4H3;5-8,11-12,17,24H,3-4,9-10H2,1-2H3;5-10,22H,3-4,11H2,1-2H3. The SMILES string of the molecule is CCOc1ccc(-c2nc(-c3ccc(CO)nc3)no2)cc1OCC.CCOc1ccc(-c2nc(-c3cccc4[nH]cc(CNC(C)(C)CO)c34)no2)cc1OCC.CCOc1ccc(-c2nc(-c3cccc4c3CCC4NC(C)(C)CO)no2)cc1OCC.CCOc1ccc(-c2nc(-c3cccc4c3CCC4O)no2)cc1OCC. The lowest BCUT2D eigenvalue weighted by molar-refractivity contribution is 0.175. The molecule has 2 atom stereocenters. The van der Waals surface area contributed by atoms with E-state index in [1.54, 1.807) is 18.3 Å². The molecule has 0 fully saturated rings. The van der Waals surface area contributed by atoms with Gasteiger partial charge in [-0.3, -0.25) is 4.98 Å². The van der Waals surface area contributed by atoms with E-state index in [1.165, 1.54) is 11.1 Å². The molecule has 0 amide bonds. The van der Waals surface area contributed by atoms with Gasteiger partial charge in [0.1, 0.15) is 0 Å². The molecule has 0 bridgehead atoms. The van der Waals surface area contributed by atoms with Gasteiger partial charge < -0.3 is 92.0 Å². The smallest absolute Gasteiger partial charge is 0.258 e. The molecular weight excluding hydrogens is 1490 g/mol. The molecule has 28 heteroatoms. The van der Waals surface area contributed by atoms with Crippen LogP contribution in [0.25, 0.3) is 102 Å². The van der Waals surface area contributed by atoms with Crippen molar-refractivity contribution in [2.45, 2.75) is 145 Å². The average molecular weight is 1600 g/mol. The number of aromatic amines is 1. The minimum absolute atomic E-state index is 0.0439. The maximum atomic E-state index is 10.1. The van der Waals surface area contributed by atoms with Gasteiger partial charge in [0.15, 0.2) is 46.0 Å². The Hall–Kier alpha value is -12.1. The first-order valence-corrected chi connectivity index (χ1v) is 39.6. The third-order valence-electron chi connectivity index (χ3n) is 19.2. The molecule has 28 nitrogen and oxygen atoms in total. The summed E-state index contributed by atoms with van der Waals surface area (Å²) in [6.07, 6.45) is 6.59. The minimum Gasteiger partial charge on any atom is -0.490 e. The van der Waals surface area contributed by atoms with Crippen LogP contribution in [0.3, 0.4) is 0 Å². The molecular formula is C89H102N12O16. The van der Waals surface area contributed by atoms with Crippen molar-refractivity contribution in [1.82, 2.24) is 61.2 Å². The number of ether oxygens (including phenoxy) is 8. The van der Waals surface area contributed by atoms with E-state index >= 15 is 0 Å². The van der Waals surface area contributed by atoms with Crippen molar-refractivity contribution in [3.63, 3.8) is 0 Å². The van der Waals surface area contributed by atoms with Gasteiger partial charge in [-0.25, -0.2) is 0 Å². The number of aliphatic hydroxyl groups excluding tert-OH is 4. The molecule has 614 valence electrons. The van der Waals surface area contributed by atoms with Gasteiger partial charge >= 0.3 is 0 Å². The molecule has 117 heavy (non-hydrogen) atoms. The van der Waals surface area contributed by atoms with Crippen LogP contribution in [0.1, 0.15) is 142 Å². The van der Waals surface area contributed by atoms with E-state index < -0.39 is 6.10 Å². The first-order chi connectivity index (χ1) is 56.9. The predicted molar refractivity (Wildman–Crippen MR) is 442 cm³/mol. The first kappa shape index (κ1) is 84.4. The van der Waals surface area contributed by atoms with Crippen molar-refractivity contribution in [3.05, 3.63) is 185 Å². The molecule has 13 aromatic rings. The molecule has 0 spiro atoms.